The minimum atomic E-state index is -0.198. The molecule has 1 amide bonds. The number of rotatable bonds is 5. The third-order valence-corrected chi connectivity index (χ3v) is 5.52. The number of hydrogen-bond donors (Lipinski definition) is 1. The second kappa shape index (κ2) is 9.28. The summed E-state index contributed by atoms with van der Waals surface area (Å²) in [7, 11) is 1.64. The van der Waals surface area contributed by atoms with Crippen LogP contribution in [0.5, 0.6) is 11.5 Å². The van der Waals surface area contributed by atoms with Gasteiger partial charge in [-0.25, -0.2) is 4.79 Å². The van der Waals surface area contributed by atoms with Crippen molar-refractivity contribution < 1.29 is 19.4 Å². The van der Waals surface area contributed by atoms with Crippen LogP contribution in [0.4, 0.5) is 4.79 Å². The highest BCUT2D eigenvalue weighted by atomic mass is 16.6. The first-order chi connectivity index (χ1) is 13.1. The average molecular weight is 377 g/mol. The van der Waals surface area contributed by atoms with Crippen LogP contribution in [0.3, 0.4) is 0 Å². The van der Waals surface area contributed by atoms with E-state index in [1.165, 1.54) is 6.42 Å². The van der Waals surface area contributed by atoms with Crippen LogP contribution < -0.4 is 4.74 Å². The van der Waals surface area contributed by atoms with Crippen LogP contribution in [0, 0.1) is 0 Å². The van der Waals surface area contributed by atoms with Gasteiger partial charge in [-0.1, -0.05) is 0 Å². The quantitative estimate of drug-likeness (QED) is 0.848. The number of methoxy groups -OCH3 is 1. The molecule has 0 spiro atoms. The smallest absolute Gasteiger partial charge is 0.409 e. The van der Waals surface area contributed by atoms with Crippen molar-refractivity contribution in [3.8, 4) is 11.5 Å². The molecule has 2 aliphatic heterocycles. The lowest BCUT2D eigenvalue weighted by Crippen LogP contribution is -2.55. The van der Waals surface area contributed by atoms with E-state index in [0.717, 1.165) is 63.5 Å². The Bertz CT molecular complexity index is 632. The largest absolute Gasteiger partial charge is 0.508 e. The van der Waals surface area contributed by atoms with Crippen LogP contribution in [0.1, 0.15) is 25.3 Å². The molecule has 2 aliphatic rings. The summed E-state index contributed by atoms with van der Waals surface area (Å²) in [5, 5.41) is 10.2. The summed E-state index contributed by atoms with van der Waals surface area (Å²) >= 11 is 0. The molecule has 0 aliphatic carbocycles. The number of carbonyl (C=O) groups excluding carboxylic acids is 1. The van der Waals surface area contributed by atoms with Crippen LogP contribution in [-0.4, -0.2) is 84.9 Å². The van der Waals surface area contributed by atoms with E-state index in [1.54, 1.807) is 24.1 Å². The van der Waals surface area contributed by atoms with Gasteiger partial charge in [0.05, 0.1) is 13.7 Å². The molecule has 7 heteroatoms. The average Bonchev–Trinajstić information content (AvgIpc) is 2.70. The summed E-state index contributed by atoms with van der Waals surface area (Å²) in [6, 6.07) is 5.89. The van der Waals surface area contributed by atoms with Gasteiger partial charge in [0, 0.05) is 50.9 Å². The lowest BCUT2D eigenvalue weighted by molar-refractivity contribution is 0.0411. The second-order valence-corrected chi connectivity index (χ2v) is 7.25. The highest BCUT2D eigenvalue weighted by Gasteiger charge is 2.30. The van der Waals surface area contributed by atoms with Gasteiger partial charge < -0.3 is 19.5 Å². The number of piperazine rings is 1. The highest BCUT2D eigenvalue weighted by Crippen LogP contribution is 2.26. The van der Waals surface area contributed by atoms with Gasteiger partial charge in [0.1, 0.15) is 11.5 Å². The normalized spacial score (nSPS) is 21.9. The molecule has 2 fully saturated rings. The molecule has 1 atom stereocenters. The zero-order valence-corrected chi connectivity index (χ0v) is 16.4. The maximum absolute atomic E-state index is 11.9. The molecular formula is C20H31N3O4. The Labute approximate surface area is 161 Å². The summed E-state index contributed by atoms with van der Waals surface area (Å²) in [6.07, 6.45) is 2.13. The van der Waals surface area contributed by atoms with Crippen molar-refractivity contribution in [2.75, 3.05) is 53.0 Å². The van der Waals surface area contributed by atoms with Gasteiger partial charge >= 0.3 is 6.09 Å². The van der Waals surface area contributed by atoms with E-state index in [4.69, 9.17) is 9.47 Å². The molecule has 27 heavy (non-hydrogen) atoms. The number of nitrogens with zero attached hydrogens (tertiary/aromatic N) is 3. The molecule has 2 heterocycles. The van der Waals surface area contributed by atoms with E-state index in [2.05, 4.69) is 9.80 Å². The molecule has 0 saturated carbocycles. The maximum atomic E-state index is 11.9. The molecule has 7 nitrogen and oxygen atoms in total. The van der Waals surface area contributed by atoms with E-state index in [0.29, 0.717) is 18.4 Å². The Kier molecular flexibility index (Phi) is 6.79. The molecule has 1 N–H and O–H groups in total. The predicted octanol–water partition coefficient (Wildman–Crippen LogP) is 2.14. The van der Waals surface area contributed by atoms with Crippen molar-refractivity contribution in [2.45, 2.75) is 32.4 Å². The van der Waals surface area contributed by atoms with Gasteiger partial charge in [0.15, 0.2) is 0 Å². The van der Waals surface area contributed by atoms with Crippen LogP contribution in [0.15, 0.2) is 18.2 Å². The van der Waals surface area contributed by atoms with Crippen molar-refractivity contribution in [2.24, 2.45) is 0 Å². The van der Waals surface area contributed by atoms with Crippen molar-refractivity contribution >= 4 is 6.09 Å². The molecule has 0 unspecified atom stereocenters. The first-order valence-electron chi connectivity index (χ1n) is 9.84. The first kappa shape index (κ1) is 19.8. The minimum absolute atomic E-state index is 0.198. The Morgan fingerprint density at radius 2 is 2.00 bits per heavy atom. The number of carbonyl (C=O) groups is 1. The molecule has 2 saturated heterocycles. The number of phenols is 1. The first-order valence-corrected chi connectivity index (χ1v) is 9.84. The zero-order chi connectivity index (χ0) is 19.2. The molecule has 0 radical (unpaired) electrons. The third-order valence-electron chi connectivity index (χ3n) is 5.52. The molecule has 150 valence electrons. The molecule has 0 aromatic heterocycles. The van der Waals surface area contributed by atoms with Gasteiger partial charge in [0.2, 0.25) is 0 Å². The summed E-state index contributed by atoms with van der Waals surface area (Å²) in [5.41, 5.74) is 0.905. The van der Waals surface area contributed by atoms with Gasteiger partial charge in [-0.3, -0.25) is 9.80 Å². The number of likely N-dealkylation sites (tertiary alicyclic amines) is 1. The van der Waals surface area contributed by atoms with Crippen molar-refractivity contribution in [3.63, 3.8) is 0 Å². The van der Waals surface area contributed by atoms with E-state index in [-0.39, 0.29) is 6.09 Å². The van der Waals surface area contributed by atoms with Crippen LogP contribution >= 0.6 is 0 Å². The molecule has 1 aromatic rings. The lowest BCUT2D eigenvalue weighted by Gasteiger charge is -2.43. The lowest BCUT2D eigenvalue weighted by atomic mass is 10.0. The predicted molar refractivity (Wildman–Crippen MR) is 103 cm³/mol. The summed E-state index contributed by atoms with van der Waals surface area (Å²) in [6.45, 7) is 8.24. The zero-order valence-electron chi connectivity index (χ0n) is 16.4. The number of aromatic hydroxyl groups is 1. The van der Waals surface area contributed by atoms with Crippen molar-refractivity contribution in [1.29, 1.82) is 0 Å². The molecular weight excluding hydrogens is 346 g/mol. The minimum Gasteiger partial charge on any atom is -0.508 e. The van der Waals surface area contributed by atoms with Gasteiger partial charge in [-0.2, -0.15) is 0 Å². The fraction of sp³-hybridized carbons (Fsp3) is 0.650. The van der Waals surface area contributed by atoms with Crippen molar-refractivity contribution in [3.05, 3.63) is 23.8 Å². The van der Waals surface area contributed by atoms with Gasteiger partial charge in [0.25, 0.3) is 0 Å². The van der Waals surface area contributed by atoms with Gasteiger partial charge in [-0.05, 0) is 44.5 Å². The Morgan fingerprint density at radius 1 is 1.22 bits per heavy atom. The SMILES string of the molecule is CCOC(=O)N1CCN([C@H]2CCCN(Cc3cc(OC)ccc3O)C2)CC1. The molecule has 0 bridgehead atoms. The Hall–Kier alpha value is -1.99. The summed E-state index contributed by atoms with van der Waals surface area (Å²) in [4.78, 5) is 18.6. The fourth-order valence-corrected chi connectivity index (χ4v) is 4.01. The monoisotopic (exact) mass is 377 g/mol. The summed E-state index contributed by atoms with van der Waals surface area (Å²) < 4.78 is 10.4. The third kappa shape index (κ3) is 5.05. The van der Waals surface area contributed by atoms with Crippen LogP contribution in [0.25, 0.3) is 0 Å². The number of ether oxygens (including phenoxy) is 2. The fourth-order valence-electron chi connectivity index (χ4n) is 4.01. The number of amides is 1. The van der Waals surface area contributed by atoms with E-state index in [1.807, 2.05) is 13.0 Å². The highest BCUT2D eigenvalue weighted by molar-refractivity contribution is 5.67. The standard InChI is InChI=1S/C20H31N3O4/c1-3-27-20(25)23-11-9-22(10-12-23)17-5-4-8-21(15-17)14-16-13-18(26-2)6-7-19(16)24/h6-7,13,17,24H,3-5,8-12,14-15H2,1-2H3/t17-/m0/s1. The van der Waals surface area contributed by atoms with E-state index < -0.39 is 0 Å². The Balaban J connectivity index is 1.53. The number of hydrogen-bond acceptors (Lipinski definition) is 6. The van der Waals surface area contributed by atoms with E-state index in [9.17, 15) is 9.90 Å². The Morgan fingerprint density at radius 3 is 2.70 bits per heavy atom. The molecule has 3 rings (SSSR count). The van der Waals surface area contributed by atoms with Crippen LogP contribution in [0.2, 0.25) is 0 Å². The van der Waals surface area contributed by atoms with Crippen LogP contribution in [-0.2, 0) is 11.3 Å². The molecule has 1 aromatic carbocycles. The summed E-state index contributed by atoms with van der Waals surface area (Å²) in [5.74, 6) is 1.09. The van der Waals surface area contributed by atoms with Gasteiger partial charge in [-0.15, -0.1) is 0 Å². The second-order valence-electron chi connectivity index (χ2n) is 7.25. The number of phenolic OH excluding ortho intramolecular Hbond substituents is 1. The maximum Gasteiger partial charge on any atom is 0.409 e. The van der Waals surface area contributed by atoms with Crippen molar-refractivity contribution in [1.82, 2.24) is 14.7 Å². The van der Waals surface area contributed by atoms with E-state index >= 15 is 0 Å². The number of piperidine rings is 1. The number of benzene rings is 1. The topological polar surface area (TPSA) is 65.5 Å².